The van der Waals surface area contributed by atoms with Crippen LogP contribution in [0.3, 0.4) is 0 Å². The molecule has 5 aliphatic rings. The van der Waals surface area contributed by atoms with E-state index in [0.29, 0.717) is 28.4 Å². The SMILES string of the molecule is CC12CCC3c4ccc(OC5CCCCO5)cc4C(=O)CC3C1CCC21CC1. The minimum Gasteiger partial charge on any atom is -0.465 e. The van der Waals surface area contributed by atoms with Crippen molar-refractivity contribution in [1.29, 1.82) is 0 Å². The fourth-order valence-corrected chi connectivity index (χ4v) is 7.61. The van der Waals surface area contributed by atoms with E-state index >= 15 is 0 Å². The molecule has 1 aromatic rings. The Morgan fingerprint density at radius 1 is 1.07 bits per heavy atom. The molecule has 3 saturated carbocycles. The van der Waals surface area contributed by atoms with Crippen molar-refractivity contribution >= 4 is 5.78 Å². The minimum atomic E-state index is -0.151. The number of ether oxygens (including phenoxy) is 2. The summed E-state index contributed by atoms with van der Waals surface area (Å²) in [4.78, 5) is 13.2. The second-order valence-corrected chi connectivity index (χ2v) is 10.4. The molecule has 0 amide bonds. The highest BCUT2D eigenvalue weighted by atomic mass is 16.7. The van der Waals surface area contributed by atoms with Crippen LogP contribution < -0.4 is 4.74 Å². The second-order valence-electron chi connectivity index (χ2n) is 10.4. The Balaban J connectivity index is 1.28. The molecule has 1 heterocycles. The van der Waals surface area contributed by atoms with Crippen LogP contribution in [-0.4, -0.2) is 18.7 Å². The van der Waals surface area contributed by atoms with Crippen LogP contribution in [0.2, 0.25) is 0 Å². The molecule has 5 unspecified atom stereocenters. The van der Waals surface area contributed by atoms with Crippen LogP contribution in [0, 0.1) is 22.7 Å². The number of fused-ring (bicyclic) bond motifs is 6. The van der Waals surface area contributed by atoms with Crippen molar-refractivity contribution in [3.63, 3.8) is 0 Å². The van der Waals surface area contributed by atoms with Gasteiger partial charge in [-0.15, -0.1) is 0 Å². The Morgan fingerprint density at radius 3 is 2.75 bits per heavy atom. The largest absolute Gasteiger partial charge is 0.465 e. The van der Waals surface area contributed by atoms with Gasteiger partial charge >= 0.3 is 0 Å². The van der Waals surface area contributed by atoms with Gasteiger partial charge in [0.25, 0.3) is 0 Å². The van der Waals surface area contributed by atoms with Gasteiger partial charge in [-0.1, -0.05) is 13.0 Å². The normalized spacial score (nSPS) is 40.5. The molecule has 1 aliphatic heterocycles. The van der Waals surface area contributed by atoms with E-state index in [4.69, 9.17) is 9.47 Å². The number of ketones is 1. The number of rotatable bonds is 2. The first-order valence-electron chi connectivity index (χ1n) is 11.6. The zero-order chi connectivity index (χ0) is 18.9. The van der Waals surface area contributed by atoms with Gasteiger partial charge in [0.1, 0.15) is 5.75 Å². The van der Waals surface area contributed by atoms with E-state index in [0.717, 1.165) is 49.5 Å². The summed E-state index contributed by atoms with van der Waals surface area (Å²) >= 11 is 0. The van der Waals surface area contributed by atoms with Crippen LogP contribution in [0.5, 0.6) is 5.75 Å². The molecule has 3 heteroatoms. The quantitative estimate of drug-likeness (QED) is 0.644. The van der Waals surface area contributed by atoms with Crippen LogP contribution in [-0.2, 0) is 4.74 Å². The van der Waals surface area contributed by atoms with Gasteiger partial charge in [0, 0.05) is 18.4 Å². The van der Waals surface area contributed by atoms with Gasteiger partial charge in [0.05, 0.1) is 6.61 Å². The van der Waals surface area contributed by atoms with Crippen molar-refractivity contribution < 1.29 is 14.3 Å². The molecular weight excluding hydrogens is 348 g/mol. The van der Waals surface area contributed by atoms with Gasteiger partial charge in [-0.3, -0.25) is 4.79 Å². The number of benzene rings is 1. The monoisotopic (exact) mass is 380 g/mol. The summed E-state index contributed by atoms with van der Waals surface area (Å²) in [5.74, 6) is 3.02. The van der Waals surface area contributed by atoms with Crippen molar-refractivity contribution in [2.45, 2.75) is 83.3 Å². The molecule has 28 heavy (non-hydrogen) atoms. The van der Waals surface area contributed by atoms with E-state index in [2.05, 4.69) is 19.1 Å². The smallest absolute Gasteiger partial charge is 0.199 e. The molecule has 150 valence electrons. The lowest BCUT2D eigenvalue weighted by Crippen LogP contribution is -2.44. The first kappa shape index (κ1) is 17.5. The third-order valence-corrected chi connectivity index (χ3v) is 9.38. The fraction of sp³-hybridized carbons (Fsp3) is 0.720. The lowest BCUT2D eigenvalue weighted by molar-refractivity contribution is -0.105. The predicted molar refractivity (Wildman–Crippen MR) is 108 cm³/mol. The molecule has 0 radical (unpaired) electrons. The maximum Gasteiger partial charge on any atom is 0.199 e. The standard InChI is InChI=1S/C25H32O3/c1-24-9-7-18-17-6-5-16(28-23-4-2-3-13-27-23)14-20(17)22(26)15-19(18)21(24)8-10-25(24)11-12-25/h5-6,14,18-19,21,23H,2-4,7-13,15H2,1H3. The number of Topliss-reactive ketones (excluding diaryl/α,β-unsaturated/α-hetero) is 1. The van der Waals surface area contributed by atoms with Crippen molar-refractivity contribution in [3.05, 3.63) is 29.3 Å². The molecule has 1 aromatic carbocycles. The van der Waals surface area contributed by atoms with Gasteiger partial charge in [0.2, 0.25) is 0 Å². The van der Waals surface area contributed by atoms with Crippen molar-refractivity contribution in [2.24, 2.45) is 22.7 Å². The lowest BCUT2D eigenvalue weighted by Gasteiger charge is -2.51. The van der Waals surface area contributed by atoms with Gasteiger partial charge in [-0.2, -0.15) is 0 Å². The average molecular weight is 381 g/mol. The highest BCUT2D eigenvalue weighted by Crippen LogP contribution is 2.75. The highest BCUT2D eigenvalue weighted by molar-refractivity contribution is 5.99. The van der Waals surface area contributed by atoms with E-state index in [9.17, 15) is 4.79 Å². The molecule has 5 atom stereocenters. The van der Waals surface area contributed by atoms with Gasteiger partial charge in [-0.25, -0.2) is 0 Å². The summed E-state index contributed by atoms with van der Waals surface area (Å²) in [5.41, 5.74) is 3.37. The van der Waals surface area contributed by atoms with Gasteiger partial charge < -0.3 is 9.47 Å². The summed E-state index contributed by atoms with van der Waals surface area (Å²) in [6.45, 7) is 3.34. The summed E-state index contributed by atoms with van der Waals surface area (Å²) in [6.07, 6.45) is 12.0. The summed E-state index contributed by atoms with van der Waals surface area (Å²) in [7, 11) is 0. The van der Waals surface area contributed by atoms with Gasteiger partial charge in [-0.05, 0) is 97.6 Å². The van der Waals surface area contributed by atoms with Crippen molar-refractivity contribution in [3.8, 4) is 5.75 Å². The third kappa shape index (κ3) is 2.41. The molecule has 0 bridgehead atoms. The highest BCUT2D eigenvalue weighted by Gasteiger charge is 2.66. The third-order valence-electron chi connectivity index (χ3n) is 9.38. The molecule has 6 rings (SSSR count). The van der Waals surface area contributed by atoms with Crippen molar-refractivity contribution in [1.82, 2.24) is 0 Å². The average Bonchev–Trinajstić information content (AvgIpc) is 3.44. The van der Waals surface area contributed by atoms with E-state index in [1.54, 1.807) is 0 Å². The number of hydrogen-bond donors (Lipinski definition) is 0. The van der Waals surface area contributed by atoms with E-state index in [1.165, 1.54) is 44.1 Å². The molecule has 0 N–H and O–H groups in total. The zero-order valence-electron chi connectivity index (χ0n) is 17.0. The zero-order valence-corrected chi connectivity index (χ0v) is 17.0. The maximum absolute atomic E-state index is 13.2. The van der Waals surface area contributed by atoms with Crippen LogP contribution in [0.4, 0.5) is 0 Å². The predicted octanol–water partition coefficient (Wildman–Crippen LogP) is 5.87. The molecule has 3 nitrogen and oxygen atoms in total. The Bertz CT molecular complexity index is 804. The van der Waals surface area contributed by atoms with Crippen LogP contribution in [0.25, 0.3) is 0 Å². The Hall–Kier alpha value is -1.35. The summed E-state index contributed by atoms with van der Waals surface area (Å²) < 4.78 is 11.8. The minimum absolute atomic E-state index is 0.151. The van der Waals surface area contributed by atoms with E-state index in [1.807, 2.05) is 6.07 Å². The van der Waals surface area contributed by atoms with Crippen molar-refractivity contribution in [2.75, 3.05) is 6.61 Å². The molecule has 1 spiro atoms. The molecule has 0 aromatic heterocycles. The fourth-order valence-electron chi connectivity index (χ4n) is 7.61. The summed E-state index contributed by atoms with van der Waals surface area (Å²) in [5, 5.41) is 0. The summed E-state index contributed by atoms with van der Waals surface area (Å²) in [6, 6.07) is 6.29. The van der Waals surface area contributed by atoms with E-state index < -0.39 is 0 Å². The molecule has 4 fully saturated rings. The first-order chi connectivity index (χ1) is 13.6. The van der Waals surface area contributed by atoms with Crippen LogP contribution >= 0.6 is 0 Å². The van der Waals surface area contributed by atoms with Gasteiger partial charge in [0.15, 0.2) is 12.1 Å². The number of carbonyl (C=O) groups excluding carboxylic acids is 1. The topological polar surface area (TPSA) is 35.5 Å². The maximum atomic E-state index is 13.2. The Morgan fingerprint density at radius 2 is 1.96 bits per heavy atom. The lowest BCUT2D eigenvalue weighted by atomic mass is 9.53. The number of carbonyl (C=O) groups is 1. The second kappa shape index (κ2) is 6.08. The Kier molecular flexibility index (Phi) is 3.80. The number of hydrogen-bond acceptors (Lipinski definition) is 3. The molecule has 1 saturated heterocycles. The molecular formula is C25H32O3. The van der Waals surface area contributed by atoms with E-state index in [-0.39, 0.29) is 6.29 Å². The first-order valence-corrected chi connectivity index (χ1v) is 11.6. The van der Waals surface area contributed by atoms with Crippen LogP contribution in [0.1, 0.15) is 93.0 Å². The Labute approximate surface area is 168 Å². The molecule has 4 aliphatic carbocycles. The van der Waals surface area contributed by atoms with Crippen LogP contribution in [0.15, 0.2) is 18.2 Å².